The molecule has 32 heavy (non-hydrogen) atoms. The zero-order valence-corrected chi connectivity index (χ0v) is 19.7. The molecule has 6 nitrogen and oxygen atoms in total. The summed E-state index contributed by atoms with van der Waals surface area (Å²) in [5.74, 6) is 3.66. The van der Waals surface area contributed by atoms with Crippen molar-refractivity contribution < 1.29 is 14.2 Å². The maximum atomic E-state index is 5.81. The Kier molecular flexibility index (Phi) is 6.46. The fourth-order valence-electron chi connectivity index (χ4n) is 3.64. The van der Waals surface area contributed by atoms with Crippen molar-refractivity contribution in [2.45, 2.75) is 26.8 Å². The smallest absolute Gasteiger partial charge is 0.162 e. The van der Waals surface area contributed by atoms with Gasteiger partial charge in [0.05, 0.1) is 32.4 Å². The first-order valence-electron chi connectivity index (χ1n) is 10.5. The number of hydrogen-bond donors (Lipinski definition) is 1. The number of hydrogen-bond acceptors (Lipinski definition) is 7. The molecule has 4 aromatic rings. The van der Waals surface area contributed by atoms with Crippen molar-refractivity contribution in [2.24, 2.45) is 0 Å². The van der Waals surface area contributed by atoms with Gasteiger partial charge < -0.3 is 19.5 Å². The fourth-order valence-corrected chi connectivity index (χ4v) is 4.68. The van der Waals surface area contributed by atoms with Crippen LogP contribution in [0.2, 0.25) is 0 Å². The molecule has 1 unspecified atom stereocenters. The van der Waals surface area contributed by atoms with Gasteiger partial charge in [0.15, 0.2) is 11.5 Å². The first-order valence-corrected chi connectivity index (χ1v) is 11.3. The highest BCUT2D eigenvalue weighted by Crippen LogP contribution is 2.39. The number of aryl methyl sites for hydroxylation is 1. The maximum Gasteiger partial charge on any atom is 0.162 e. The number of anilines is 1. The number of thiophene rings is 1. The lowest BCUT2D eigenvalue weighted by Gasteiger charge is -2.16. The molecule has 0 aliphatic carbocycles. The van der Waals surface area contributed by atoms with Crippen LogP contribution in [0, 0.1) is 6.92 Å². The van der Waals surface area contributed by atoms with Crippen LogP contribution >= 0.6 is 11.3 Å². The highest BCUT2D eigenvalue weighted by molar-refractivity contribution is 7.15. The van der Waals surface area contributed by atoms with Crippen LogP contribution in [0.5, 0.6) is 17.2 Å². The van der Waals surface area contributed by atoms with Crippen molar-refractivity contribution in [3.05, 3.63) is 59.2 Å². The number of ether oxygens (including phenoxy) is 3. The maximum absolute atomic E-state index is 5.81. The molecule has 1 atom stereocenters. The third kappa shape index (κ3) is 4.34. The second kappa shape index (κ2) is 9.44. The highest BCUT2D eigenvalue weighted by Gasteiger charge is 2.16. The normalized spacial score (nSPS) is 11.9. The molecular formula is C25H27N3O3S. The summed E-state index contributed by atoms with van der Waals surface area (Å²) in [6.07, 6.45) is 0. The minimum atomic E-state index is 0.0543. The van der Waals surface area contributed by atoms with Crippen LogP contribution in [0.4, 0.5) is 5.82 Å². The van der Waals surface area contributed by atoms with Crippen molar-refractivity contribution >= 4 is 28.1 Å². The molecule has 7 heteroatoms. The minimum Gasteiger partial charge on any atom is -0.493 e. The van der Waals surface area contributed by atoms with Gasteiger partial charge in [-0.15, -0.1) is 11.3 Å². The zero-order valence-electron chi connectivity index (χ0n) is 18.9. The summed E-state index contributed by atoms with van der Waals surface area (Å²) in [6.45, 7) is 6.66. The van der Waals surface area contributed by atoms with Crippen molar-refractivity contribution in [3.63, 3.8) is 0 Å². The van der Waals surface area contributed by atoms with Crippen molar-refractivity contribution in [1.82, 2.24) is 9.97 Å². The molecule has 0 aliphatic rings. The van der Waals surface area contributed by atoms with E-state index in [1.54, 1.807) is 25.6 Å². The fraction of sp³-hybridized carbons (Fsp3) is 0.280. The van der Waals surface area contributed by atoms with Gasteiger partial charge in [-0.2, -0.15) is 0 Å². The molecule has 0 amide bonds. The summed E-state index contributed by atoms with van der Waals surface area (Å²) in [7, 11) is 3.25. The molecule has 2 heterocycles. The molecule has 0 fully saturated rings. The summed E-state index contributed by atoms with van der Waals surface area (Å²) in [5, 5.41) is 4.45. The van der Waals surface area contributed by atoms with Crippen LogP contribution in [0.15, 0.2) is 48.5 Å². The average molecular weight is 450 g/mol. The molecule has 0 spiro atoms. The zero-order chi connectivity index (χ0) is 22.7. The van der Waals surface area contributed by atoms with E-state index in [1.807, 2.05) is 44.2 Å². The van der Waals surface area contributed by atoms with E-state index in [1.165, 1.54) is 9.75 Å². The molecule has 0 aliphatic heterocycles. The Morgan fingerprint density at radius 1 is 0.969 bits per heavy atom. The lowest BCUT2D eigenvalue weighted by atomic mass is 10.1. The molecule has 0 saturated carbocycles. The number of para-hydroxylation sites is 1. The Labute approximate surface area is 192 Å². The molecule has 0 saturated heterocycles. The topological polar surface area (TPSA) is 65.5 Å². The van der Waals surface area contributed by atoms with E-state index in [2.05, 4.69) is 40.4 Å². The Morgan fingerprint density at radius 3 is 2.47 bits per heavy atom. The van der Waals surface area contributed by atoms with Gasteiger partial charge >= 0.3 is 0 Å². The first kappa shape index (κ1) is 21.9. The van der Waals surface area contributed by atoms with E-state index < -0.39 is 0 Å². The summed E-state index contributed by atoms with van der Waals surface area (Å²) < 4.78 is 16.7. The molecular weight excluding hydrogens is 422 g/mol. The van der Waals surface area contributed by atoms with Crippen molar-refractivity contribution in [2.75, 3.05) is 26.1 Å². The van der Waals surface area contributed by atoms with Gasteiger partial charge in [0, 0.05) is 26.8 Å². The van der Waals surface area contributed by atoms with E-state index in [0.717, 1.165) is 28.0 Å². The predicted octanol–water partition coefficient (Wildman–Crippen LogP) is 6.26. The number of nitrogens with one attached hydrogen (secondary N) is 1. The van der Waals surface area contributed by atoms with Gasteiger partial charge in [0.1, 0.15) is 17.4 Å². The second-order valence-corrected chi connectivity index (χ2v) is 8.46. The summed E-state index contributed by atoms with van der Waals surface area (Å²) in [5.41, 5.74) is 1.92. The van der Waals surface area contributed by atoms with Crippen LogP contribution in [0.3, 0.4) is 0 Å². The van der Waals surface area contributed by atoms with Gasteiger partial charge in [-0.3, -0.25) is 0 Å². The second-order valence-electron chi connectivity index (χ2n) is 7.34. The lowest BCUT2D eigenvalue weighted by molar-refractivity contribution is 0.341. The number of rotatable bonds is 8. The number of benzene rings is 2. The number of aromatic nitrogens is 2. The minimum absolute atomic E-state index is 0.0543. The number of fused-ring (bicyclic) bond motifs is 1. The molecule has 2 aromatic carbocycles. The van der Waals surface area contributed by atoms with Crippen molar-refractivity contribution in [3.8, 4) is 27.7 Å². The highest BCUT2D eigenvalue weighted by atomic mass is 32.1. The average Bonchev–Trinajstić information content (AvgIpc) is 3.29. The Hall–Kier alpha value is -3.32. The molecule has 166 valence electrons. The van der Waals surface area contributed by atoms with E-state index in [-0.39, 0.29) is 6.04 Å². The largest absolute Gasteiger partial charge is 0.493 e. The van der Waals surface area contributed by atoms with Gasteiger partial charge in [0.25, 0.3) is 0 Å². The lowest BCUT2D eigenvalue weighted by Crippen LogP contribution is -2.08. The Bertz CT molecular complexity index is 1240. The number of nitrogens with zero attached hydrogens (tertiary/aromatic N) is 2. The summed E-state index contributed by atoms with van der Waals surface area (Å²) in [4.78, 5) is 11.6. The van der Waals surface area contributed by atoms with Gasteiger partial charge in [0.2, 0.25) is 0 Å². The van der Waals surface area contributed by atoms with Crippen LogP contribution in [0.25, 0.3) is 21.3 Å². The number of methoxy groups -OCH3 is 2. The SMILES string of the molecule is CCOc1ccccc1-c1ccc(C(C)Nc2nc(C)nc3cc(OC)c(OC)cc23)s1. The van der Waals surface area contributed by atoms with Crippen LogP contribution in [-0.2, 0) is 0 Å². The molecule has 0 bridgehead atoms. The van der Waals surface area contributed by atoms with E-state index in [9.17, 15) is 0 Å². The molecule has 0 radical (unpaired) electrons. The van der Waals surface area contributed by atoms with Crippen LogP contribution in [-0.4, -0.2) is 30.8 Å². The quantitative estimate of drug-likeness (QED) is 0.343. The van der Waals surface area contributed by atoms with Crippen molar-refractivity contribution in [1.29, 1.82) is 0 Å². The third-order valence-corrected chi connectivity index (χ3v) is 6.47. The summed E-state index contributed by atoms with van der Waals surface area (Å²) in [6, 6.07) is 16.3. The standard InChI is InChI=1S/C25H27N3O3S/c1-6-31-20-10-8-7-9-17(20)24-12-11-23(32-24)15(2)26-25-18-13-21(29-4)22(30-5)14-19(18)27-16(3)28-25/h7-15H,6H2,1-5H3,(H,26,27,28). The van der Waals surface area contributed by atoms with E-state index in [4.69, 9.17) is 14.2 Å². The van der Waals surface area contributed by atoms with Crippen LogP contribution in [0.1, 0.15) is 30.6 Å². The van der Waals surface area contributed by atoms with Gasteiger partial charge in [-0.25, -0.2) is 9.97 Å². The summed E-state index contributed by atoms with van der Waals surface area (Å²) >= 11 is 1.75. The molecule has 2 aromatic heterocycles. The van der Waals surface area contributed by atoms with Crippen LogP contribution < -0.4 is 19.5 Å². The predicted molar refractivity (Wildman–Crippen MR) is 130 cm³/mol. The molecule has 1 N–H and O–H groups in total. The van der Waals surface area contributed by atoms with Gasteiger partial charge in [-0.05, 0) is 51.1 Å². The van der Waals surface area contributed by atoms with E-state index in [0.29, 0.717) is 23.9 Å². The Morgan fingerprint density at radius 2 is 1.72 bits per heavy atom. The van der Waals surface area contributed by atoms with E-state index >= 15 is 0 Å². The Balaban J connectivity index is 1.66. The van der Waals surface area contributed by atoms with Gasteiger partial charge in [-0.1, -0.05) is 12.1 Å². The monoisotopic (exact) mass is 449 g/mol. The third-order valence-electron chi connectivity index (χ3n) is 5.17. The first-order chi connectivity index (χ1) is 15.5. The molecule has 4 rings (SSSR count).